The molecule has 0 saturated carbocycles. The first-order chi connectivity index (χ1) is 11.1. The molecule has 1 fully saturated rings. The second kappa shape index (κ2) is 6.89. The highest BCUT2D eigenvalue weighted by Gasteiger charge is 2.43. The van der Waals surface area contributed by atoms with Crippen molar-refractivity contribution in [2.45, 2.75) is 51.4 Å². The van der Waals surface area contributed by atoms with Crippen molar-refractivity contribution in [1.29, 1.82) is 0 Å². The van der Waals surface area contributed by atoms with Gasteiger partial charge in [0.05, 0.1) is 12.7 Å². The summed E-state index contributed by atoms with van der Waals surface area (Å²) in [5.74, 6) is -0.0485. The van der Waals surface area contributed by atoms with Crippen molar-refractivity contribution in [1.82, 2.24) is 4.90 Å². The highest BCUT2D eigenvalue weighted by atomic mass is 16.6. The Hall–Kier alpha value is -1.59. The van der Waals surface area contributed by atoms with Gasteiger partial charge in [-0.2, -0.15) is 0 Å². The van der Waals surface area contributed by atoms with Gasteiger partial charge in [-0.1, -0.05) is 13.0 Å². The molecule has 1 aromatic carbocycles. The van der Waals surface area contributed by atoms with Crippen molar-refractivity contribution in [2.24, 2.45) is 0 Å². The van der Waals surface area contributed by atoms with Crippen LogP contribution in [0.25, 0.3) is 0 Å². The average Bonchev–Trinajstić information content (AvgIpc) is 2.55. The molecule has 1 N–H and O–H groups in total. The monoisotopic (exact) mass is 319 g/mol. The molecule has 0 radical (unpaired) electrons. The van der Waals surface area contributed by atoms with Gasteiger partial charge in [-0.15, -0.1) is 0 Å². The summed E-state index contributed by atoms with van der Waals surface area (Å²) in [6.07, 6.45) is 2.28. The van der Waals surface area contributed by atoms with Crippen molar-refractivity contribution in [3.63, 3.8) is 0 Å². The number of nitrogens with zero attached hydrogens (tertiary/aromatic N) is 1. The molecule has 1 aromatic rings. The smallest absolute Gasteiger partial charge is 0.336 e. The van der Waals surface area contributed by atoms with Crippen LogP contribution in [0.4, 0.5) is 0 Å². The van der Waals surface area contributed by atoms with Crippen molar-refractivity contribution in [3.8, 4) is 5.75 Å². The number of hydrogen-bond acceptors (Lipinski definition) is 5. The number of carbonyl (C=O) groups excluding carboxylic acids is 1. The van der Waals surface area contributed by atoms with Crippen molar-refractivity contribution >= 4 is 5.97 Å². The molecule has 5 heteroatoms. The van der Waals surface area contributed by atoms with Crippen molar-refractivity contribution in [2.75, 3.05) is 19.7 Å². The fraction of sp³-hybridized carbons (Fsp3) is 0.611. The van der Waals surface area contributed by atoms with E-state index in [-0.39, 0.29) is 23.9 Å². The number of fused-ring (bicyclic) bond motifs is 3. The van der Waals surface area contributed by atoms with Gasteiger partial charge >= 0.3 is 5.97 Å². The summed E-state index contributed by atoms with van der Waals surface area (Å²) in [5, 5.41) is 9.85. The summed E-state index contributed by atoms with van der Waals surface area (Å²) < 4.78 is 11.3. The SMILES string of the molecule is CCCN1CC(C(=O)OCC)OC2c3cc(O)ccc3CCC21. The standard InChI is InChI=1S/C18H25NO4/c1-3-9-19-11-16(18(21)22-4-2)23-17-14-10-13(20)7-5-12(14)6-8-15(17)19/h5,7,10,15-17,20H,3-4,6,8-9,11H2,1-2H3. The van der Waals surface area contributed by atoms with Gasteiger partial charge in [0.15, 0.2) is 6.10 Å². The minimum Gasteiger partial charge on any atom is -0.508 e. The van der Waals surface area contributed by atoms with Gasteiger partial charge in [-0.25, -0.2) is 4.79 Å². The zero-order valence-corrected chi connectivity index (χ0v) is 13.8. The lowest BCUT2D eigenvalue weighted by atomic mass is 9.83. The first-order valence-corrected chi connectivity index (χ1v) is 8.52. The molecule has 126 valence electrons. The molecule has 3 rings (SSSR count). The van der Waals surface area contributed by atoms with Gasteiger partial charge in [0.1, 0.15) is 5.75 Å². The average molecular weight is 319 g/mol. The second-order valence-corrected chi connectivity index (χ2v) is 6.28. The van der Waals surface area contributed by atoms with Crippen LogP contribution in [0.2, 0.25) is 0 Å². The number of rotatable bonds is 4. The van der Waals surface area contributed by atoms with E-state index in [9.17, 15) is 9.90 Å². The lowest BCUT2D eigenvalue weighted by Crippen LogP contribution is -2.55. The third-order valence-electron chi connectivity index (χ3n) is 4.74. The lowest BCUT2D eigenvalue weighted by molar-refractivity contribution is -0.179. The molecular weight excluding hydrogens is 294 g/mol. The Bertz CT molecular complexity index is 574. The Balaban J connectivity index is 1.90. The maximum Gasteiger partial charge on any atom is 0.336 e. The van der Waals surface area contributed by atoms with E-state index in [0.717, 1.165) is 31.4 Å². The van der Waals surface area contributed by atoms with Gasteiger partial charge in [-0.3, -0.25) is 4.90 Å². The molecule has 3 unspecified atom stereocenters. The number of phenols is 1. The Morgan fingerprint density at radius 2 is 2.26 bits per heavy atom. The lowest BCUT2D eigenvalue weighted by Gasteiger charge is -2.46. The maximum absolute atomic E-state index is 12.2. The number of aromatic hydroxyl groups is 1. The van der Waals surface area contributed by atoms with Crippen LogP contribution >= 0.6 is 0 Å². The number of morpholine rings is 1. The fourth-order valence-electron chi connectivity index (χ4n) is 3.75. The Labute approximate surface area is 137 Å². The Morgan fingerprint density at radius 3 is 3.00 bits per heavy atom. The number of aryl methyl sites for hydroxylation is 1. The first-order valence-electron chi connectivity index (χ1n) is 8.52. The largest absolute Gasteiger partial charge is 0.508 e. The first kappa shape index (κ1) is 16.3. The second-order valence-electron chi connectivity index (χ2n) is 6.28. The fourth-order valence-corrected chi connectivity index (χ4v) is 3.75. The van der Waals surface area contributed by atoms with E-state index in [1.165, 1.54) is 5.56 Å². The summed E-state index contributed by atoms with van der Waals surface area (Å²) in [6, 6.07) is 5.72. The minimum atomic E-state index is -0.559. The molecule has 0 spiro atoms. The predicted molar refractivity (Wildman–Crippen MR) is 86.3 cm³/mol. The summed E-state index contributed by atoms with van der Waals surface area (Å²) in [6.45, 7) is 5.84. The molecule has 23 heavy (non-hydrogen) atoms. The van der Waals surface area contributed by atoms with Crippen LogP contribution in [-0.2, 0) is 20.7 Å². The van der Waals surface area contributed by atoms with Crippen LogP contribution in [0.15, 0.2) is 18.2 Å². The van der Waals surface area contributed by atoms with Crippen molar-refractivity contribution < 1.29 is 19.4 Å². The van der Waals surface area contributed by atoms with Gasteiger partial charge in [-0.05, 0) is 56.0 Å². The molecule has 3 atom stereocenters. The Kier molecular flexibility index (Phi) is 4.87. The number of benzene rings is 1. The van der Waals surface area contributed by atoms with Gasteiger partial charge in [0, 0.05) is 12.6 Å². The van der Waals surface area contributed by atoms with Crippen LogP contribution in [0.5, 0.6) is 5.75 Å². The van der Waals surface area contributed by atoms with Crippen molar-refractivity contribution in [3.05, 3.63) is 29.3 Å². The highest BCUT2D eigenvalue weighted by Crippen LogP contribution is 2.40. The summed E-state index contributed by atoms with van der Waals surface area (Å²) >= 11 is 0. The zero-order valence-electron chi connectivity index (χ0n) is 13.8. The predicted octanol–water partition coefficient (Wildman–Crippen LogP) is 2.42. The third kappa shape index (κ3) is 3.21. The van der Waals surface area contributed by atoms with Crippen LogP contribution in [0.1, 0.15) is 43.9 Å². The molecule has 0 aromatic heterocycles. The molecule has 0 amide bonds. The molecule has 1 aliphatic heterocycles. The highest BCUT2D eigenvalue weighted by molar-refractivity contribution is 5.75. The van der Waals surface area contributed by atoms with Crippen LogP contribution < -0.4 is 0 Å². The summed E-state index contributed by atoms with van der Waals surface area (Å²) in [7, 11) is 0. The van der Waals surface area contributed by atoms with Gasteiger partial charge < -0.3 is 14.6 Å². The zero-order chi connectivity index (χ0) is 16.4. The minimum absolute atomic E-state index is 0.180. The van der Waals surface area contributed by atoms with Crippen LogP contribution in [-0.4, -0.2) is 47.8 Å². The number of esters is 1. The molecular formula is C18H25NO4. The van der Waals surface area contributed by atoms with E-state index in [0.29, 0.717) is 13.2 Å². The number of hydrogen-bond donors (Lipinski definition) is 1. The summed E-state index contributed by atoms with van der Waals surface area (Å²) in [5.41, 5.74) is 2.21. The van der Waals surface area contributed by atoms with E-state index >= 15 is 0 Å². The molecule has 0 bridgehead atoms. The van der Waals surface area contributed by atoms with E-state index in [1.807, 2.05) is 6.07 Å². The summed E-state index contributed by atoms with van der Waals surface area (Å²) in [4.78, 5) is 14.5. The van der Waals surface area contributed by atoms with E-state index in [2.05, 4.69) is 11.8 Å². The quantitative estimate of drug-likeness (QED) is 0.864. The number of carbonyl (C=O) groups is 1. The molecule has 1 heterocycles. The van der Waals surface area contributed by atoms with E-state index < -0.39 is 6.10 Å². The van der Waals surface area contributed by atoms with E-state index in [4.69, 9.17) is 9.47 Å². The molecule has 5 nitrogen and oxygen atoms in total. The van der Waals surface area contributed by atoms with E-state index in [1.54, 1.807) is 19.1 Å². The van der Waals surface area contributed by atoms with Crippen LogP contribution in [0, 0.1) is 0 Å². The Morgan fingerprint density at radius 1 is 1.43 bits per heavy atom. The van der Waals surface area contributed by atoms with Gasteiger partial charge in [0.2, 0.25) is 0 Å². The van der Waals surface area contributed by atoms with Crippen LogP contribution in [0.3, 0.4) is 0 Å². The maximum atomic E-state index is 12.2. The normalized spacial score (nSPS) is 27.1. The molecule has 1 saturated heterocycles. The molecule has 2 aliphatic rings. The van der Waals surface area contributed by atoms with Gasteiger partial charge in [0.25, 0.3) is 0 Å². The molecule has 1 aliphatic carbocycles. The third-order valence-corrected chi connectivity index (χ3v) is 4.74. The number of phenolic OH excluding ortho intramolecular Hbond substituents is 1. The number of ether oxygens (including phenoxy) is 2. The topological polar surface area (TPSA) is 59.0 Å².